The van der Waals surface area contributed by atoms with E-state index in [1.54, 1.807) is 24.5 Å². The summed E-state index contributed by atoms with van der Waals surface area (Å²) in [6.07, 6.45) is 0.216. The minimum atomic E-state index is -1.10. The number of carbonyl (C=O) groups is 2. The van der Waals surface area contributed by atoms with Crippen LogP contribution in [-0.2, 0) is 22.7 Å². The fourth-order valence-corrected chi connectivity index (χ4v) is 5.41. The highest BCUT2D eigenvalue weighted by atomic mass is 35.5. The zero-order chi connectivity index (χ0) is 34.8. The zero-order valence-electron chi connectivity index (χ0n) is 26.0. The fraction of sp³-hybridized carbons (Fsp3) is 0.312. The van der Waals surface area contributed by atoms with Crippen molar-refractivity contribution in [3.8, 4) is 45.4 Å². The molecule has 254 valence electrons. The molecule has 2 aromatic heterocycles. The number of hydrogen-bond acceptors (Lipinski definition) is 12. The largest absolute Gasteiger partial charge is 0.481 e. The maximum Gasteiger partial charge on any atom is 0.306 e. The van der Waals surface area contributed by atoms with E-state index in [2.05, 4.69) is 30.6 Å². The Bertz CT molecular complexity index is 1640. The fourth-order valence-electron chi connectivity index (χ4n) is 4.76. The molecule has 0 amide bonds. The Hall–Kier alpha value is -4.44. The van der Waals surface area contributed by atoms with Gasteiger partial charge in [-0.1, -0.05) is 59.6 Å². The number of nitrogens with one attached hydrogen (secondary N) is 2. The number of benzene rings is 2. The topological polar surface area (TPSA) is 209 Å². The van der Waals surface area contributed by atoms with Gasteiger partial charge >= 0.3 is 11.9 Å². The molecule has 0 bridgehead atoms. The van der Waals surface area contributed by atoms with E-state index in [0.717, 1.165) is 0 Å². The number of aromatic nitrogens is 4. The Labute approximate surface area is 285 Å². The Balaban J connectivity index is 1.57. The van der Waals surface area contributed by atoms with Crippen LogP contribution < -0.4 is 20.1 Å². The average Bonchev–Trinajstić information content (AvgIpc) is 3.05. The SMILES string of the molecule is COc1nc(-c2cccc(-c3cccc(-c4cnc(CNC[C@@H](O)CC(=O)O)c(OC)n4)c3Cl)c2Cl)cnc1CNC[C@@H](O)CC(=O)O. The van der Waals surface area contributed by atoms with Gasteiger partial charge in [-0.05, 0) is 0 Å². The van der Waals surface area contributed by atoms with Crippen LogP contribution in [-0.4, -0.2) is 91.8 Å². The van der Waals surface area contributed by atoms with Crippen molar-refractivity contribution < 1.29 is 39.5 Å². The van der Waals surface area contributed by atoms with Gasteiger partial charge in [0.1, 0.15) is 11.4 Å². The van der Waals surface area contributed by atoms with Gasteiger partial charge in [0.05, 0.1) is 73.1 Å². The molecule has 0 saturated carbocycles. The molecule has 0 aliphatic heterocycles. The third-order valence-electron chi connectivity index (χ3n) is 7.01. The number of carboxylic acid groups (broad SMARTS) is 2. The third kappa shape index (κ3) is 9.34. The van der Waals surface area contributed by atoms with E-state index in [1.807, 2.05) is 24.3 Å². The lowest BCUT2D eigenvalue weighted by Gasteiger charge is -2.15. The molecule has 2 aromatic carbocycles. The molecule has 48 heavy (non-hydrogen) atoms. The van der Waals surface area contributed by atoms with Crippen molar-refractivity contribution in [3.63, 3.8) is 0 Å². The molecule has 0 unspecified atom stereocenters. The summed E-state index contributed by atoms with van der Waals surface area (Å²) in [6, 6.07) is 10.8. The molecule has 0 aliphatic rings. The van der Waals surface area contributed by atoms with Crippen molar-refractivity contribution in [2.24, 2.45) is 0 Å². The molecule has 4 rings (SSSR count). The molecular formula is C32H34Cl2N6O8. The number of hydrogen-bond donors (Lipinski definition) is 6. The number of methoxy groups -OCH3 is 2. The second-order valence-electron chi connectivity index (χ2n) is 10.5. The summed E-state index contributed by atoms with van der Waals surface area (Å²) < 4.78 is 10.9. The summed E-state index contributed by atoms with van der Waals surface area (Å²) in [5, 5.41) is 43.9. The first-order chi connectivity index (χ1) is 23.0. The van der Waals surface area contributed by atoms with Crippen LogP contribution in [0.5, 0.6) is 11.8 Å². The summed E-state index contributed by atoms with van der Waals surface area (Å²) >= 11 is 13.9. The van der Waals surface area contributed by atoms with E-state index >= 15 is 0 Å². The summed E-state index contributed by atoms with van der Waals surface area (Å²) in [6.45, 7) is 0.468. The molecular weight excluding hydrogens is 667 g/mol. The Morgan fingerprint density at radius 3 is 1.44 bits per heavy atom. The first-order valence-corrected chi connectivity index (χ1v) is 15.4. The second kappa shape index (κ2) is 17.1. The van der Waals surface area contributed by atoms with Gasteiger partial charge in [0, 0.05) is 48.4 Å². The Morgan fingerprint density at radius 2 is 1.08 bits per heavy atom. The molecule has 2 heterocycles. The van der Waals surface area contributed by atoms with Crippen LogP contribution >= 0.6 is 23.2 Å². The normalized spacial score (nSPS) is 12.4. The lowest BCUT2D eigenvalue weighted by atomic mass is 9.98. The van der Waals surface area contributed by atoms with E-state index in [0.29, 0.717) is 55.1 Å². The summed E-state index contributed by atoms with van der Waals surface area (Å²) in [5.41, 5.74) is 4.20. The highest BCUT2D eigenvalue weighted by molar-refractivity contribution is 6.39. The Morgan fingerprint density at radius 1 is 0.708 bits per heavy atom. The average molecular weight is 702 g/mol. The van der Waals surface area contributed by atoms with E-state index in [4.69, 9.17) is 42.9 Å². The number of rotatable bonds is 17. The van der Waals surface area contributed by atoms with Gasteiger partial charge in [-0.15, -0.1) is 0 Å². The van der Waals surface area contributed by atoms with Gasteiger partial charge in [0.25, 0.3) is 0 Å². The molecule has 14 nitrogen and oxygen atoms in total. The van der Waals surface area contributed by atoms with Crippen LogP contribution in [0.2, 0.25) is 10.0 Å². The monoisotopic (exact) mass is 700 g/mol. The number of halogens is 2. The van der Waals surface area contributed by atoms with Crippen molar-refractivity contribution in [3.05, 3.63) is 70.2 Å². The van der Waals surface area contributed by atoms with Crippen molar-refractivity contribution in [1.82, 2.24) is 30.6 Å². The number of carboxylic acids is 2. The van der Waals surface area contributed by atoms with E-state index in [1.165, 1.54) is 14.2 Å². The number of aliphatic hydroxyl groups is 2. The minimum Gasteiger partial charge on any atom is -0.481 e. The van der Waals surface area contributed by atoms with Crippen LogP contribution in [0.4, 0.5) is 0 Å². The van der Waals surface area contributed by atoms with Gasteiger partial charge in [-0.3, -0.25) is 19.6 Å². The van der Waals surface area contributed by atoms with Crippen molar-refractivity contribution in [2.45, 2.75) is 38.1 Å². The molecule has 0 fully saturated rings. The molecule has 4 aromatic rings. The maximum atomic E-state index is 10.8. The third-order valence-corrected chi connectivity index (χ3v) is 7.83. The van der Waals surface area contributed by atoms with Crippen LogP contribution in [0.3, 0.4) is 0 Å². The molecule has 0 radical (unpaired) electrons. The van der Waals surface area contributed by atoms with Gasteiger partial charge in [0.2, 0.25) is 11.8 Å². The predicted octanol–water partition coefficient (Wildman–Crippen LogP) is 3.44. The molecule has 2 atom stereocenters. The van der Waals surface area contributed by atoms with Crippen LogP contribution in [0, 0.1) is 0 Å². The molecule has 0 spiro atoms. The maximum absolute atomic E-state index is 10.8. The minimum absolute atomic E-state index is 0.0491. The molecule has 0 saturated heterocycles. The number of aliphatic carboxylic acids is 2. The summed E-state index contributed by atoms with van der Waals surface area (Å²) in [7, 11) is 2.90. The van der Waals surface area contributed by atoms with Crippen molar-refractivity contribution in [1.29, 1.82) is 0 Å². The lowest BCUT2D eigenvalue weighted by molar-refractivity contribution is -0.140. The lowest BCUT2D eigenvalue weighted by Crippen LogP contribution is -2.28. The van der Waals surface area contributed by atoms with Crippen LogP contribution in [0.25, 0.3) is 33.6 Å². The van der Waals surface area contributed by atoms with Gasteiger partial charge in [0.15, 0.2) is 0 Å². The van der Waals surface area contributed by atoms with Crippen LogP contribution in [0.15, 0.2) is 48.8 Å². The first-order valence-electron chi connectivity index (χ1n) is 14.6. The number of nitrogens with zero attached hydrogens (tertiary/aromatic N) is 4. The van der Waals surface area contributed by atoms with Crippen molar-refractivity contribution in [2.75, 3.05) is 27.3 Å². The van der Waals surface area contributed by atoms with E-state index in [9.17, 15) is 19.8 Å². The van der Waals surface area contributed by atoms with Crippen LogP contribution in [0.1, 0.15) is 24.2 Å². The van der Waals surface area contributed by atoms with E-state index in [-0.39, 0.29) is 50.8 Å². The highest BCUT2D eigenvalue weighted by Crippen LogP contribution is 2.42. The summed E-state index contributed by atoms with van der Waals surface area (Å²) in [4.78, 5) is 39.7. The quantitative estimate of drug-likeness (QED) is 0.0932. The zero-order valence-corrected chi connectivity index (χ0v) is 27.5. The summed E-state index contributed by atoms with van der Waals surface area (Å²) in [5.74, 6) is -1.73. The Kier molecular flexibility index (Phi) is 13.0. The number of aliphatic hydroxyl groups excluding tert-OH is 2. The van der Waals surface area contributed by atoms with Gasteiger partial charge < -0.3 is 40.5 Å². The highest BCUT2D eigenvalue weighted by Gasteiger charge is 2.20. The van der Waals surface area contributed by atoms with Crippen molar-refractivity contribution >= 4 is 35.1 Å². The van der Waals surface area contributed by atoms with Gasteiger partial charge in [-0.25, -0.2) is 9.97 Å². The first kappa shape index (κ1) is 36.4. The van der Waals surface area contributed by atoms with Gasteiger partial charge in [-0.2, -0.15) is 0 Å². The second-order valence-corrected chi connectivity index (χ2v) is 11.3. The standard InChI is InChI=1S/C32H34Cl2N6O8/c1-47-31-25(13-35-11-17(41)9-27(43)44)37-15-23(39-31)21-7-3-5-19(29(21)33)20-6-4-8-22(30(20)34)24-16-38-26(32(40-24)48-2)14-36-12-18(42)10-28(45)46/h3-8,15-18,35-36,41-42H,9-14H2,1-2H3,(H,43,44)(H,45,46)/t17-,18-/m0/s1. The number of ether oxygens (including phenoxy) is 2. The molecule has 0 aliphatic carbocycles. The molecule has 16 heteroatoms. The predicted molar refractivity (Wildman–Crippen MR) is 177 cm³/mol. The smallest absolute Gasteiger partial charge is 0.306 e. The van der Waals surface area contributed by atoms with E-state index < -0.39 is 24.1 Å². The molecule has 6 N–H and O–H groups in total.